The summed E-state index contributed by atoms with van der Waals surface area (Å²) in [7, 11) is 0. The highest BCUT2D eigenvalue weighted by molar-refractivity contribution is 7.51. The molecule has 0 atom stereocenters. The Hall–Kier alpha value is -2.37. The van der Waals surface area contributed by atoms with Gasteiger partial charge in [-0.25, -0.2) is 0 Å². The largest absolute Gasteiger partial charge is 0.335 e. The van der Waals surface area contributed by atoms with Crippen molar-refractivity contribution >= 4 is 34.3 Å². The summed E-state index contributed by atoms with van der Waals surface area (Å²) in [5.41, 5.74) is 7.45. The SMILES string of the molecule is Cc1ccc2c(c1)CC(c1ccc(-c3cccs3)cc1)=N2.O=S=O. The van der Waals surface area contributed by atoms with Crippen molar-refractivity contribution < 1.29 is 8.42 Å². The fraction of sp³-hybridized carbons (Fsp3) is 0.105. The summed E-state index contributed by atoms with van der Waals surface area (Å²) in [6.07, 6.45) is 0.940. The molecule has 0 bridgehead atoms. The van der Waals surface area contributed by atoms with Gasteiger partial charge in [0.2, 0.25) is 0 Å². The second kappa shape index (κ2) is 7.47. The fourth-order valence-corrected chi connectivity index (χ4v) is 3.50. The molecular weight excluding hydrogens is 338 g/mol. The van der Waals surface area contributed by atoms with Crippen molar-refractivity contribution in [3.8, 4) is 10.4 Å². The molecule has 0 amide bonds. The molecule has 0 unspecified atom stereocenters. The lowest BCUT2D eigenvalue weighted by atomic mass is 10.0. The smallest absolute Gasteiger partial charge is 0.252 e. The number of aryl methyl sites for hydroxylation is 1. The summed E-state index contributed by atoms with van der Waals surface area (Å²) in [6, 6.07) is 19.5. The first-order valence-electron chi connectivity index (χ1n) is 7.44. The van der Waals surface area contributed by atoms with Crippen LogP contribution in [-0.4, -0.2) is 14.1 Å². The first-order chi connectivity index (χ1) is 11.7. The maximum absolute atomic E-state index is 8.29. The first kappa shape index (κ1) is 16.5. The van der Waals surface area contributed by atoms with Gasteiger partial charge in [0.05, 0.1) is 11.4 Å². The van der Waals surface area contributed by atoms with Crippen molar-refractivity contribution in [3.05, 3.63) is 76.7 Å². The Kier molecular flexibility index (Phi) is 5.13. The van der Waals surface area contributed by atoms with Gasteiger partial charge in [-0.05, 0) is 41.1 Å². The molecule has 2 aromatic carbocycles. The van der Waals surface area contributed by atoms with Crippen LogP contribution in [0.25, 0.3) is 10.4 Å². The van der Waals surface area contributed by atoms with Gasteiger partial charge in [-0.3, -0.25) is 4.99 Å². The first-order valence-corrected chi connectivity index (χ1v) is 8.99. The fourth-order valence-electron chi connectivity index (χ4n) is 2.77. The van der Waals surface area contributed by atoms with Crippen LogP contribution in [0.2, 0.25) is 0 Å². The van der Waals surface area contributed by atoms with E-state index in [9.17, 15) is 0 Å². The number of benzene rings is 2. The summed E-state index contributed by atoms with van der Waals surface area (Å²) in [4.78, 5) is 6.09. The Morgan fingerprint density at radius 2 is 1.71 bits per heavy atom. The Morgan fingerprint density at radius 1 is 1.00 bits per heavy atom. The van der Waals surface area contributed by atoms with Crippen LogP contribution in [-0.2, 0) is 18.0 Å². The Labute approximate surface area is 148 Å². The van der Waals surface area contributed by atoms with Crippen LogP contribution in [0.3, 0.4) is 0 Å². The maximum Gasteiger partial charge on any atom is 0.335 e. The third kappa shape index (κ3) is 3.58. The van der Waals surface area contributed by atoms with Gasteiger partial charge in [0.1, 0.15) is 0 Å². The molecule has 3 aromatic rings. The summed E-state index contributed by atoms with van der Waals surface area (Å²) in [5, 5.41) is 2.11. The lowest BCUT2D eigenvalue weighted by Crippen LogP contribution is -1.99. The molecule has 1 aliphatic rings. The summed E-state index contributed by atoms with van der Waals surface area (Å²) in [5.74, 6) is 0. The minimum atomic E-state index is -0.750. The highest BCUT2D eigenvalue weighted by Crippen LogP contribution is 2.30. The van der Waals surface area contributed by atoms with E-state index < -0.39 is 11.6 Å². The number of aliphatic imine (C=N–C) groups is 1. The van der Waals surface area contributed by atoms with Gasteiger partial charge in [0, 0.05) is 11.3 Å². The maximum atomic E-state index is 8.29. The molecule has 3 nitrogen and oxygen atoms in total. The molecule has 0 radical (unpaired) electrons. The summed E-state index contributed by atoms with van der Waals surface area (Å²) < 4.78 is 16.6. The summed E-state index contributed by atoms with van der Waals surface area (Å²) >= 11 is 1.03. The number of thiophene rings is 1. The summed E-state index contributed by atoms with van der Waals surface area (Å²) in [6.45, 7) is 2.13. The average Bonchev–Trinajstić information content (AvgIpc) is 3.25. The zero-order chi connectivity index (χ0) is 16.9. The minimum Gasteiger partial charge on any atom is -0.252 e. The van der Waals surface area contributed by atoms with Crippen molar-refractivity contribution in [2.24, 2.45) is 4.99 Å². The molecule has 0 spiro atoms. The van der Waals surface area contributed by atoms with Crippen molar-refractivity contribution in [2.75, 3.05) is 0 Å². The van der Waals surface area contributed by atoms with Crippen LogP contribution in [0.5, 0.6) is 0 Å². The molecule has 2 heterocycles. The molecule has 0 fully saturated rings. The van der Waals surface area contributed by atoms with E-state index in [-0.39, 0.29) is 0 Å². The molecule has 1 aliphatic heterocycles. The van der Waals surface area contributed by atoms with E-state index in [1.165, 1.54) is 32.8 Å². The molecule has 120 valence electrons. The predicted octanol–water partition coefficient (Wildman–Crippen LogP) is 4.73. The highest BCUT2D eigenvalue weighted by atomic mass is 32.1. The number of rotatable bonds is 2. The third-order valence-electron chi connectivity index (χ3n) is 3.87. The average molecular weight is 353 g/mol. The minimum absolute atomic E-state index is 0.750. The normalized spacial score (nSPS) is 12.0. The van der Waals surface area contributed by atoms with Crippen molar-refractivity contribution in [2.45, 2.75) is 13.3 Å². The van der Waals surface area contributed by atoms with E-state index in [1.807, 2.05) is 0 Å². The molecule has 5 heteroatoms. The van der Waals surface area contributed by atoms with Gasteiger partial charge in [0.25, 0.3) is 0 Å². The van der Waals surface area contributed by atoms with Crippen molar-refractivity contribution in [3.63, 3.8) is 0 Å². The van der Waals surface area contributed by atoms with Gasteiger partial charge >= 0.3 is 11.6 Å². The number of hydrogen-bond acceptors (Lipinski definition) is 4. The molecular formula is C19H15NO2S2. The lowest BCUT2D eigenvalue weighted by molar-refractivity contribution is 0.630. The second-order valence-corrected chi connectivity index (χ2v) is 6.57. The number of nitrogens with zero attached hydrogens (tertiary/aromatic N) is 1. The van der Waals surface area contributed by atoms with E-state index in [0.717, 1.165) is 12.1 Å². The Morgan fingerprint density at radius 3 is 2.38 bits per heavy atom. The van der Waals surface area contributed by atoms with Crippen LogP contribution in [0.4, 0.5) is 5.69 Å². The van der Waals surface area contributed by atoms with Gasteiger partial charge in [-0.15, -0.1) is 11.3 Å². The number of fused-ring (bicyclic) bond motifs is 1. The molecule has 0 saturated heterocycles. The predicted molar refractivity (Wildman–Crippen MR) is 99.8 cm³/mol. The molecule has 1 aromatic heterocycles. The highest BCUT2D eigenvalue weighted by Gasteiger charge is 2.15. The standard InChI is InChI=1S/C19H15NS.O2S/c1-13-4-9-17-16(11-13)12-18(20-17)14-5-7-15(8-6-14)19-3-2-10-21-19;1-3-2/h2-11H,12H2,1H3;. The van der Waals surface area contributed by atoms with E-state index in [2.05, 4.69) is 66.9 Å². The molecule has 4 rings (SSSR count). The number of hydrogen-bond donors (Lipinski definition) is 0. The molecule has 0 saturated carbocycles. The van der Waals surface area contributed by atoms with Crippen LogP contribution in [0.1, 0.15) is 16.7 Å². The Balaban J connectivity index is 0.000000526. The zero-order valence-corrected chi connectivity index (χ0v) is 14.7. The second-order valence-electron chi connectivity index (χ2n) is 5.49. The topological polar surface area (TPSA) is 46.5 Å². The lowest BCUT2D eigenvalue weighted by Gasteiger charge is -2.02. The molecule has 0 aliphatic carbocycles. The van der Waals surface area contributed by atoms with E-state index in [4.69, 9.17) is 13.4 Å². The van der Waals surface area contributed by atoms with Crippen molar-refractivity contribution in [1.82, 2.24) is 0 Å². The van der Waals surface area contributed by atoms with Gasteiger partial charge in [0.15, 0.2) is 0 Å². The van der Waals surface area contributed by atoms with Gasteiger partial charge < -0.3 is 0 Å². The van der Waals surface area contributed by atoms with Crippen LogP contribution < -0.4 is 0 Å². The van der Waals surface area contributed by atoms with Crippen molar-refractivity contribution in [1.29, 1.82) is 0 Å². The van der Waals surface area contributed by atoms with Crippen LogP contribution in [0.15, 0.2) is 65.0 Å². The monoisotopic (exact) mass is 353 g/mol. The van der Waals surface area contributed by atoms with Gasteiger partial charge in [-0.2, -0.15) is 8.42 Å². The van der Waals surface area contributed by atoms with Crippen LogP contribution >= 0.6 is 11.3 Å². The van der Waals surface area contributed by atoms with E-state index in [1.54, 1.807) is 11.3 Å². The zero-order valence-electron chi connectivity index (χ0n) is 13.1. The van der Waals surface area contributed by atoms with Gasteiger partial charge in [-0.1, -0.05) is 48.0 Å². The van der Waals surface area contributed by atoms with Crippen LogP contribution in [0, 0.1) is 6.92 Å². The molecule has 0 N–H and O–H groups in total. The van der Waals surface area contributed by atoms with E-state index in [0.29, 0.717) is 0 Å². The molecule has 24 heavy (non-hydrogen) atoms. The third-order valence-corrected chi connectivity index (χ3v) is 4.79. The quantitative estimate of drug-likeness (QED) is 0.668. The van der Waals surface area contributed by atoms with E-state index >= 15 is 0 Å². The Bertz CT molecular complexity index is 907.